The Bertz CT molecular complexity index is 551. The second-order valence-corrected chi connectivity index (χ2v) is 5.92. The highest BCUT2D eigenvalue weighted by atomic mass is 35.5. The Morgan fingerprint density at radius 2 is 1.76 bits per heavy atom. The van der Waals surface area contributed by atoms with E-state index < -0.39 is 0 Å². The van der Waals surface area contributed by atoms with Crippen LogP contribution in [0.25, 0.3) is 0 Å². The van der Waals surface area contributed by atoms with Crippen LogP contribution in [0, 0.1) is 6.92 Å². The number of unbranched alkanes of at least 4 members (excludes halogenated alkanes) is 2. The Kier molecular flexibility index (Phi) is 6.13. The van der Waals surface area contributed by atoms with Gasteiger partial charge in [0.25, 0.3) is 0 Å². The van der Waals surface area contributed by atoms with Gasteiger partial charge in [0.15, 0.2) is 0 Å². The number of rotatable bonds is 7. The Morgan fingerprint density at radius 1 is 1.00 bits per heavy atom. The van der Waals surface area contributed by atoms with E-state index in [9.17, 15) is 0 Å². The summed E-state index contributed by atoms with van der Waals surface area (Å²) in [7, 11) is 0. The van der Waals surface area contributed by atoms with E-state index in [4.69, 9.17) is 11.6 Å². The molecule has 0 aromatic heterocycles. The zero-order valence-electron chi connectivity index (χ0n) is 12.9. The third kappa shape index (κ3) is 4.50. The molecule has 0 bridgehead atoms. The Balaban J connectivity index is 2.17. The second kappa shape index (κ2) is 8.09. The molecule has 0 aliphatic heterocycles. The lowest BCUT2D eigenvalue weighted by atomic mass is 9.99. The molecule has 0 aliphatic carbocycles. The SMILES string of the molecule is CCCCCC(Nc1cccc(Cl)c1C)c1ccccc1. The largest absolute Gasteiger partial charge is 0.378 e. The summed E-state index contributed by atoms with van der Waals surface area (Å²) in [5.74, 6) is 0. The van der Waals surface area contributed by atoms with Crippen LogP contribution in [0.1, 0.15) is 49.8 Å². The summed E-state index contributed by atoms with van der Waals surface area (Å²) >= 11 is 6.23. The molecule has 1 atom stereocenters. The van der Waals surface area contributed by atoms with Gasteiger partial charge in [0.1, 0.15) is 0 Å². The summed E-state index contributed by atoms with van der Waals surface area (Å²) in [5, 5.41) is 4.50. The first kappa shape index (κ1) is 15.9. The van der Waals surface area contributed by atoms with Gasteiger partial charge < -0.3 is 5.32 Å². The van der Waals surface area contributed by atoms with Gasteiger partial charge >= 0.3 is 0 Å². The Labute approximate surface area is 133 Å². The van der Waals surface area contributed by atoms with Gasteiger partial charge in [-0.1, -0.05) is 74.2 Å². The predicted molar refractivity (Wildman–Crippen MR) is 93.1 cm³/mol. The van der Waals surface area contributed by atoms with Crippen molar-refractivity contribution in [2.24, 2.45) is 0 Å². The molecule has 2 aromatic rings. The lowest BCUT2D eigenvalue weighted by molar-refractivity contribution is 0.606. The molecular formula is C19H24ClN. The van der Waals surface area contributed by atoms with Crippen molar-refractivity contribution >= 4 is 17.3 Å². The molecule has 0 aliphatic rings. The summed E-state index contributed by atoms with van der Waals surface area (Å²) < 4.78 is 0. The van der Waals surface area contributed by atoms with Crippen LogP contribution in [0.4, 0.5) is 5.69 Å². The minimum atomic E-state index is 0.343. The number of hydrogen-bond donors (Lipinski definition) is 1. The highest BCUT2D eigenvalue weighted by Gasteiger charge is 2.12. The molecule has 1 nitrogen and oxygen atoms in total. The van der Waals surface area contributed by atoms with E-state index in [0.29, 0.717) is 6.04 Å². The minimum absolute atomic E-state index is 0.343. The Hall–Kier alpha value is -1.47. The molecule has 0 spiro atoms. The summed E-state index contributed by atoms with van der Waals surface area (Å²) in [4.78, 5) is 0. The quantitative estimate of drug-likeness (QED) is 0.585. The van der Waals surface area contributed by atoms with Crippen molar-refractivity contribution in [3.8, 4) is 0 Å². The maximum Gasteiger partial charge on any atom is 0.0513 e. The molecule has 0 saturated carbocycles. The maximum absolute atomic E-state index is 6.23. The Morgan fingerprint density at radius 3 is 2.48 bits per heavy atom. The van der Waals surface area contributed by atoms with Gasteiger partial charge in [0, 0.05) is 10.7 Å². The van der Waals surface area contributed by atoms with Crippen LogP contribution in [0.3, 0.4) is 0 Å². The molecular weight excluding hydrogens is 278 g/mol. The highest BCUT2D eigenvalue weighted by molar-refractivity contribution is 6.31. The minimum Gasteiger partial charge on any atom is -0.378 e. The van der Waals surface area contributed by atoms with E-state index in [2.05, 4.69) is 55.6 Å². The fourth-order valence-corrected chi connectivity index (χ4v) is 2.73. The van der Waals surface area contributed by atoms with E-state index in [-0.39, 0.29) is 0 Å². The highest BCUT2D eigenvalue weighted by Crippen LogP contribution is 2.29. The van der Waals surface area contributed by atoms with Crippen LogP contribution in [0.15, 0.2) is 48.5 Å². The van der Waals surface area contributed by atoms with Gasteiger partial charge in [-0.05, 0) is 36.6 Å². The molecule has 0 radical (unpaired) electrons. The second-order valence-electron chi connectivity index (χ2n) is 5.52. The van der Waals surface area contributed by atoms with Gasteiger partial charge in [0.2, 0.25) is 0 Å². The molecule has 2 rings (SSSR count). The van der Waals surface area contributed by atoms with E-state index in [1.54, 1.807) is 0 Å². The predicted octanol–water partition coefficient (Wildman–Crippen LogP) is 6.38. The summed E-state index contributed by atoms with van der Waals surface area (Å²) in [6, 6.07) is 17.1. The third-order valence-corrected chi connectivity index (χ3v) is 4.31. The first-order valence-corrected chi connectivity index (χ1v) is 8.16. The molecule has 2 aromatic carbocycles. The van der Waals surface area contributed by atoms with Gasteiger partial charge in [-0.2, -0.15) is 0 Å². The topological polar surface area (TPSA) is 12.0 Å². The van der Waals surface area contributed by atoms with E-state index >= 15 is 0 Å². The molecule has 21 heavy (non-hydrogen) atoms. The average Bonchev–Trinajstić information content (AvgIpc) is 2.51. The molecule has 0 amide bonds. The fraction of sp³-hybridized carbons (Fsp3) is 0.368. The summed E-state index contributed by atoms with van der Waals surface area (Å²) in [6.45, 7) is 4.31. The first-order chi connectivity index (χ1) is 10.2. The van der Waals surface area contributed by atoms with Gasteiger partial charge in [-0.25, -0.2) is 0 Å². The lowest BCUT2D eigenvalue weighted by Crippen LogP contribution is -2.11. The van der Waals surface area contributed by atoms with E-state index in [1.807, 2.05) is 12.1 Å². The van der Waals surface area contributed by atoms with Crippen LogP contribution < -0.4 is 5.32 Å². The maximum atomic E-state index is 6.23. The van der Waals surface area contributed by atoms with Gasteiger partial charge in [0.05, 0.1) is 6.04 Å². The van der Waals surface area contributed by atoms with Crippen LogP contribution in [-0.2, 0) is 0 Å². The molecule has 0 fully saturated rings. The number of halogens is 1. The number of nitrogens with one attached hydrogen (secondary N) is 1. The molecule has 1 N–H and O–H groups in total. The van der Waals surface area contributed by atoms with Crippen molar-refractivity contribution in [2.75, 3.05) is 5.32 Å². The van der Waals surface area contributed by atoms with Gasteiger partial charge in [-0.15, -0.1) is 0 Å². The number of anilines is 1. The molecule has 0 heterocycles. The van der Waals surface area contributed by atoms with Crippen molar-refractivity contribution in [1.82, 2.24) is 0 Å². The molecule has 1 unspecified atom stereocenters. The van der Waals surface area contributed by atoms with Crippen LogP contribution >= 0.6 is 11.6 Å². The van der Waals surface area contributed by atoms with Crippen molar-refractivity contribution in [2.45, 2.75) is 45.6 Å². The molecule has 2 heteroatoms. The number of hydrogen-bond acceptors (Lipinski definition) is 1. The normalized spacial score (nSPS) is 12.1. The van der Waals surface area contributed by atoms with Gasteiger partial charge in [-0.3, -0.25) is 0 Å². The van der Waals surface area contributed by atoms with Crippen LogP contribution in [0.5, 0.6) is 0 Å². The molecule has 112 valence electrons. The first-order valence-electron chi connectivity index (χ1n) is 7.79. The standard InChI is InChI=1S/C19H24ClN/c1-3-4-6-13-19(16-10-7-5-8-11-16)21-18-14-9-12-17(20)15(18)2/h5,7-12,14,19,21H,3-4,6,13H2,1-2H3. The lowest BCUT2D eigenvalue weighted by Gasteiger charge is -2.22. The fourth-order valence-electron chi connectivity index (χ4n) is 2.56. The number of benzene rings is 2. The summed E-state index contributed by atoms with van der Waals surface area (Å²) in [6.07, 6.45) is 4.91. The third-order valence-electron chi connectivity index (χ3n) is 3.90. The molecule has 0 saturated heterocycles. The monoisotopic (exact) mass is 301 g/mol. The zero-order valence-corrected chi connectivity index (χ0v) is 13.7. The van der Waals surface area contributed by atoms with Crippen molar-refractivity contribution in [1.29, 1.82) is 0 Å². The summed E-state index contributed by atoms with van der Waals surface area (Å²) in [5.41, 5.74) is 3.59. The van der Waals surface area contributed by atoms with E-state index in [0.717, 1.165) is 22.7 Å². The zero-order chi connectivity index (χ0) is 15.1. The van der Waals surface area contributed by atoms with Crippen LogP contribution in [0.2, 0.25) is 5.02 Å². The van der Waals surface area contributed by atoms with Crippen molar-refractivity contribution < 1.29 is 0 Å². The van der Waals surface area contributed by atoms with E-state index in [1.165, 1.54) is 24.8 Å². The van der Waals surface area contributed by atoms with Crippen molar-refractivity contribution in [3.05, 3.63) is 64.7 Å². The van der Waals surface area contributed by atoms with Crippen molar-refractivity contribution in [3.63, 3.8) is 0 Å². The smallest absolute Gasteiger partial charge is 0.0513 e. The van der Waals surface area contributed by atoms with Crippen LogP contribution in [-0.4, -0.2) is 0 Å². The average molecular weight is 302 g/mol.